The van der Waals surface area contributed by atoms with Crippen LogP contribution in [0.3, 0.4) is 0 Å². The summed E-state index contributed by atoms with van der Waals surface area (Å²) in [7, 11) is 1.80. The quantitative estimate of drug-likeness (QED) is 0.223. The molecule has 0 aromatic heterocycles. The fourth-order valence-corrected chi connectivity index (χ4v) is 4.60. The lowest BCUT2D eigenvalue weighted by Crippen LogP contribution is -2.68. The fourth-order valence-electron chi connectivity index (χ4n) is 3.83. The summed E-state index contributed by atoms with van der Waals surface area (Å²) in [5, 5.41) is 6.94. The largest absolute Gasteiger partial charge is 0.377 e. The second-order valence-corrected chi connectivity index (χ2v) is 8.16. The molecule has 2 N–H and O–H groups in total. The maximum atomic E-state index is 12.9. The van der Waals surface area contributed by atoms with Crippen LogP contribution in [0, 0.1) is 17.2 Å². The zero-order valence-corrected chi connectivity index (χ0v) is 18.1. The van der Waals surface area contributed by atoms with Gasteiger partial charge in [0.15, 0.2) is 5.96 Å². The Morgan fingerprint density at radius 3 is 2.76 bits per heavy atom. The average Bonchev–Trinajstić information content (AvgIpc) is 3.03. The van der Waals surface area contributed by atoms with Crippen molar-refractivity contribution in [1.29, 1.82) is 0 Å². The predicted molar refractivity (Wildman–Crippen MR) is 112 cm³/mol. The molecule has 3 atom stereocenters. The molecule has 1 aromatic carbocycles. The normalized spacial score (nSPS) is 27.0. The third kappa shape index (κ3) is 4.60. The van der Waals surface area contributed by atoms with Crippen molar-refractivity contribution in [3.05, 3.63) is 30.1 Å². The number of ether oxygens (including phenoxy) is 1. The van der Waals surface area contributed by atoms with Crippen molar-refractivity contribution in [2.24, 2.45) is 16.3 Å². The summed E-state index contributed by atoms with van der Waals surface area (Å²) < 4.78 is 18.7. The Kier molecular flexibility index (Phi) is 7.40. The zero-order valence-electron chi connectivity index (χ0n) is 14.9. The highest BCUT2D eigenvalue weighted by Gasteiger charge is 2.59. The Hall–Kier alpha value is -0.540. The van der Waals surface area contributed by atoms with E-state index < -0.39 is 0 Å². The Morgan fingerprint density at radius 1 is 1.36 bits per heavy atom. The molecule has 2 aliphatic rings. The Morgan fingerprint density at radius 2 is 2.08 bits per heavy atom. The van der Waals surface area contributed by atoms with Crippen LogP contribution >= 0.6 is 35.7 Å². The Labute approximate surface area is 170 Å². The van der Waals surface area contributed by atoms with Crippen LogP contribution < -0.4 is 10.6 Å². The van der Waals surface area contributed by atoms with Crippen LogP contribution in [0.5, 0.6) is 0 Å². The first-order chi connectivity index (χ1) is 11.5. The minimum atomic E-state index is -0.195. The van der Waals surface area contributed by atoms with Gasteiger partial charge in [0, 0.05) is 48.2 Å². The van der Waals surface area contributed by atoms with E-state index in [-0.39, 0.29) is 35.2 Å². The molecule has 3 unspecified atom stereocenters. The molecule has 4 nitrogen and oxygen atoms in total. The number of nitrogens with zero attached hydrogens (tertiary/aromatic N) is 1. The lowest BCUT2D eigenvalue weighted by atomic mass is 9.57. The molecule has 2 fully saturated rings. The molecule has 1 saturated heterocycles. The van der Waals surface area contributed by atoms with Gasteiger partial charge in [-0.1, -0.05) is 13.8 Å². The summed E-state index contributed by atoms with van der Waals surface area (Å²) in [6.07, 6.45) is 1.51. The van der Waals surface area contributed by atoms with Crippen molar-refractivity contribution >= 4 is 41.7 Å². The summed E-state index contributed by atoms with van der Waals surface area (Å²) in [6, 6.07) is 7.01. The summed E-state index contributed by atoms with van der Waals surface area (Å²) in [4.78, 5) is 5.42. The van der Waals surface area contributed by atoms with E-state index in [9.17, 15) is 4.39 Å². The van der Waals surface area contributed by atoms with Crippen molar-refractivity contribution in [3.63, 3.8) is 0 Å². The summed E-state index contributed by atoms with van der Waals surface area (Å²) >= 11 is 1.70. The van der Waals surface area contributed by atoms with Crippen molar-refractivity contribution in [1.82, 2.24) is 10.6 Å². The van der Waals surface area contributed by atoms with Crippen LogP contribution in [0.25, 0.3) is 0 Å². The number of fused-ring (bicyclic) bond motifs is 1. The fraction of sp³-hybridized carbons (Fsp3) is 0.611. The minimum Gasteiger partial charge on any atom is -0.377 e. The van der Waals surface area contributed by atoms with E-state index in [2.05, 4.69) is 29.5 Å². The van der Waals surface area contributed by atoms with Gasteiger partial charge in [-0.05, 0) is 30.7 Å². The standard InChI is InChI=1S/C18H26FN3OS.HI/c1-18(2)15(14-8-10-23-16(14)18)22-17(20-3)21-9-11-24-13-6-4-12(19)5-7-13;/h4-7,14-16H,8-11H2,1-3H3,(H2,20,21,22);1H. The molecule has 3 rings (SSSR count). The van der Waals surface area contributed by atoms with Crippen LogP contribution in [-0.2, 0) is 4.74 Å². The van der Waals surface area contributed by atoms with Crippen molar-refractivity contribution in [2.45, 2.75) is 37.3 Å². The first-order valence-corrected chi connectivity index (χ1v) is 9.48. The second kappa shape index (κ2) is 8.90. The zero-order chi connectivity index (χ0) is 17.2. The van der Waals surface area contributed by atoms with Gasteiger partial charge in [0.25, 0.3) is 0 Å². The Balaban J connectivity index is 0.00000225. The van der Waals surface area contributed by atoms with Gasteiger partial charge in [0.1, 0.15) is 5.82 Å². The second-order valence-electron chi connectivity index (χ2n) is 6.99. The molecule has 1 heterocycles. The molecule has 1 aliphatic heterocycles. The van der Waals surface area contributed by atoms with Gasteiger partial charge in [0.2, 0.25) is 0 Å². The number of halogens is 2. The van der Waals surface area contributed by atoms with Gasteiger partial charge < -0.3 is 15.4 Å². The maximum Gasteiger partial charge on any atom is 0.191 e. The average molecular weight is 479 g/mol. The van der Waals surface area contributed by atoms with Gasteiger partial charge in [-0.2, -0.15) is 0 Å². The lowest BCUT2D eigenvalue weighted by Gasteiger charge is -2.54. The monoisotopic (exact) mass is 479 g/mol. The molecule has 1 saturated carbocycles. The van der Waals surface area contributed by atoms with Crippen molar-refractivity contribution in [3.8, 4) is 0 Å². The topological polar surface area (TPSA) is 45.7 Å². The molecule has 0 bridgehead atoms. The third-order valence-corrected chi connectivity index (χ3v) is 6.11. The van der Waals surface area contributed by atoms with E-state index in [1.54, 1.807) is 18.8 Å². The first kappa shape index (κ1) is 20.8. The van der Waals surface area contributed by atoms with Crippen LogP contribution in [-0.4, -0.2) is 44.1 Å². The molecular formula is C18H27FIN3OS. The maximum absolute atomic E-state index is 12.9. The van der Waals surface area contributed by atoms with Gasteiger partial charge in [-0.15, -0.1) is 35.7 Å². The summed E-state index contributed by atoms with van der Waals surface area (Å²) in [5.41, 5.74) is 0.141. The predicted octanol–water partition coefficient (Wildman–Crippen LogP) is 3.51. The SMILES string of the molecule is CN=C(NCCSc1ccc(F)cc1)NC1C2CCOC2C1(C)C.I. The van der Waals surface area contributed by atoms with E-state index in [1.165, 1.54) is 12.1 Å². The van der Waals surface area contributed by atoms with E-state index >= 15 is 0 Å². The molecule has 25 heavy (non-hydrogen) atoms. The van der Waals surface area contributed by atoms with Gasteiger partial charge in [-0.3, -0.25) is 4.99 Å². The lowest BCUT2D eigenvalue weighted by molar-refractivity contribution is -0.106. The number of nitrogens with one attached hydrogen (secondary N) is 2. The highest BCUT2D eigenvalue weighted by Crippen LogP contribution is 2.52. The van der Waals surface area contributed by atoms with Gasteiger partial charge in [-0.25, -0.2) is 4.39 Å². The highest BCUT2D eigenvalue weighted by atomic mass is 127. The summed E-state index contributed by atoms with van der Waals surface area (Å²) in [6.45, 7) is 6.19. The van der Waals surface area contributed by atoms with Crippen LogP contribution in [0.15, 0.2) is 34.2 Å². The van der Waals surface area contributed by atoms with E-state index in [0.29, 0.717) is 18.1 Å². The van der Waals surface area contributed by atoms with E-state index in [1.807, 2.05) is 12.1 Å². The first-order valence-electron chi connectivity index (χ1n) is 8.49. The van der Waals surface area contributed by atoms with Crippen LogP contribution in [0.2, 0.25) is 0 Å². The molecule has 0 amide bonds. The van der Waals surface area contributed by atoms with E-state index in [0.717, 1.165) is 36.2 Å². The number of hydrogen-bond acceptors (Lipinski definition) is 3. The number of benzene rings is 1. The molecule has 1 aromatic rings. The van der Waals surface area contributed by atoms with Crippen molar-refractivity contribution < 1.29 is 9.13 Å². The molecule has 0 radical (unpaired) electrons. The molecule has 140 valence electrons. The third-order valence-electron chi connectivity index (χ3n) is 5.09. The highest BCUT2D eigenvalue weighted by molar-refractivity contribution is 14.0. The Bertz CT molecular complexity index is 596. The van der Waals surface area contributed by atoms with E-state index in [4.69, 9.17) is 4.74 Å². The van der Waals surface area contributed by atoms with Crippen LogP contribution in [0.4, 0.5) is 4.39 Å². The molecule has 7 heteroatoms. The number of aliphatic imine (C=N–C) groups is 1. The molecular weight excluding hydrogens is 452 g/mol. The number of guanidine groups is 1. The van der Waals surface area contributed by atoms with Gasteiger partial charge in [0.05, 0.1) is 6.10 Å². The molecule has 1 aliphatic carbocycles. The van der Waals surface area contributed by atoms with Crippen LogP contribution in [0.1, 0.15) is 20.3 Å². The number of thioether (sulfide) groups is 1. The summed E-state index contributed by atoms with van der Waals surface area (Å²) in [5.74, 6) is 2.14. The minimum absolute atomic E-state index is 0. The number of hydrogen-bond donors (Lipinski definition) is 2. The van der Waals surface area contributed by atoms with Crippen molar-refractivity contribution in [2.75, 3.05) is 26.0 Å². The molecule has 0 spiro atoms. The number of rotatable bonds is 5. The smallest absolute Gasteiger partial charge is 0.191 e. The van der Waals surface area contributed by atoms with Gasteiger partial charge >= 0.3 is 0 Å².